The molecule has 2 aromatic carbocycles. The Bertz CT molecular complexity index is 1080. The Hall–Kier alpha value is -2.65. The number of benzene rings is 2. The molecule has 1 N–H and O–H groups in total. The molecule has 0 bridgehead atoms. The van der Waals surface area contributed by atoms with Crippen LogP contribution in [0.1, 0.15) is 25.5 Å². The number of methoxy groups -OCH3 is 1. The largest absolute Gasteiger partial charge is 0.495 e. The van der Waals surface area contributed by atoms with Crippen molar-refractivity contribution in [2.75, 3.05) is 30.9 Å². The molecule has 0 unspecified atom stereocenters. The lowest BCUT2D eigenvalue weighted by molar-refractivity contribution is -0.122. The fourth-order valence-corrected chi connectivity index (χ4v) is 4.70. The zero-order valence-corrected chi connectivity index (χ0v) is 19.3. The van der Waals surface area contributed by atoms with Crippen molar-refractivity contribution in [3.8, 4) is 17.2 Å². The van der Waals surface area contributed by atoms with Crippen LogP contribution < -0.4 is 23.8 Å². The number of amides is 1. The second-order valence-electron chi connectivity index (χ2n) is 7.18. The zero-order chi connectivity index (χ0) is 22.8. The average Bonchev–Trinajstić information content (AvgIpc) is 2.72. The van der Waals surface area contributed by atoms with Gasteiger partial charge in [0.1, 0.15) is 25.0 Å². The van der Waals surface area contributed by atoms with E-state index < -0.39 is 28.0 Å². The van der Waals surface area contributed by atoms with Crippen LogP contribution in [-0.2, 0) is 14.8 Å². The predicted molar refractivity (Wildman–Crippen MR) is 119 cm³/mol. The van der Waals surface area contributed by atoms with Crippen molar-refractivity contribution in [1.29, 1.82) is 0 Å². The van der Waals surface area contributed by atoms with Crippen molar-refractivity contribution in [2.45, 2.75) is 25.9 Å². The molecular formula is C21H25ClN2O6S. The molecule has 8 nitrogen and oxygen atoms in total. The molecular weight excluding hydrogens is 444 g/mol. The topological polar surface area (TPSA) is 94.2 Å². The summed E-state index contributed by atoms with van der Waals surface area (Å²) < 4.78 is 42.6. The molecule has 0 spiro atoms. The second kappa shape index (κ2) is 9.23. The second-order valence-corrected chi connectivity index (χ2v) is 9.48. The number of hydrogen-bond acceptors (Lipinski definition) is 6. The summed E-state index contributed by atoms with van der Waals surface area (Å²) in [6.45, 7) is 4.26. The Morgan fingerprint density at radius 3 is 2.45 bits per heavy atom. The van der Waals surface area contributed by atoms with Gasteiger partial charge in [-0.1, -0.05) is 17.7 Å². The van der Waals surface area contributed by atoms with Crippen LogP contribution in [0.25, 0.3) is 0 Å². The van der Waals surface area contributed by atoms with E-state index in [2.05, 4.69) is 5.32 Å². The van der Waals surface area contributed by atoms with Crippen molar-refractivity contribution in [2.24, 2.45) is 0 Å². The molecule has 1 heterocycles. The molecule has 31 heavy (non-hydrogen) atoms. The number of rotatable bonds is 7. The van der Waals surface area contributed by atoms with E-state index in [1.807, 2.05) is 6.07 Å². The molecule has 3 rings (SSSR count). The van der Waals surface area contributed by atoms with Crippen molar-refractivity contribution >= 4 is 33.2 Å². The number of hydrogen-bond donors (Lipinski definition) is 1. The van der Waals surface area contributed by atoms with Crippen molar-refractivity contribution in [1.82, 2.24) is 5.32 Å². The summed E-state index contributed by atoms with van der Waals surface area (Å²) >= 11 is 6.07. The van der Waals surface area contributed by atoms with E-state index >= 15 is 0 Å². The van der Waals surface area contributed by atoms with Gasteiger partial charge in [-0.2, -0.15) is 0 Å². The Balaban J connectivity index is 1.85. The Labute approximate surface area is 187 Å². The first kappa shape index (κ1) is 23.0. The van der Waals surface area contributed by atoms with Gasteiger partial charge in [0.25, 0.3) is 0 Å². The maximum atomic E-state index is 13.0. The molecule has 168 valence electrons. The van der Waals surface area contributed by atoms with E-state index in [4.69, 9.17) is 25.8 Å². The number of halogens is 1. The molecule has 0 saturated carbocycles. The van der Waals surface area contributed by atoms with Gasteiger partial charge in [0.2, 0.25) is 15.9 Å². The first-order valence-electron chi connectivity index (χ1n) is 9.64. The van der Waals surface area contributed by atoms with E-state index in [1.165, 1.54) is 20.1 Å². The van der Waals surface area contributed by atoms with Gasteiger partial charge in [0, 0.05) is 5.02 Å². The highest BCUT2D eigenvalue weighted by molar-refractivity contribution is 7.92. The Morgan fingerprint density at radius 1 is 1.13 bits per heavy atom. The fraction of sp³-hybridized carbons (Fsp3) is 0.381. The Morgan fingerprint density at radius 2 is 1.81 bits per heavy atom. The summed E-state index contributed by atoms with van der Waals surface area (Å²) in [6, 6.07) is 8.56. The fourth-order valence-electron chi connectivity index (χ4n) is 3.36. The lowest BCUT2D eigenvalue weighted by Gasteiger charge is -2.30. The van der Waals surface area contributed by atoms with Crippen molar-refractivity contribution < 1.29 is 27.4 Å². The van der Waals surface area contributed by atoms with Crippen LogP contribution in [0.2, 0.25) is 5.02 Å². The van der Waals surface area contributed by atoms with Gasteiger partial charge in [0.15, 0.2) is 11.5 Å². The number of nitrogens with one attached hydrogen (secondary N) is 1. The summed E-state index contributed by atoms with van der Waals surface area (Å²) in [4.78, 5) is 13.0. The zero-order valence-electron chi connectivity index (χ0n) is 17.7. The van der Waals surface area contributed by atoms with E-state index in [-0.39, 0.29) is 11.4 Å². The van der Waals surface area contributed by atoms with Gasteiger partial charge in [-0.3, -0.25) is 9.10 Å². The summed E-state index contributed by atoms with van der Waals surface area (Å²) in [5.41, 5.74) is 0.989. The maximum absolute atomic E-state index is 13.0. The molecule has 0 aliphatic carbocycles. The molecule has 0 saturated heterocycles. The summed E-state index contributed by atoms with van der Waals surface area (Å²) in [7, 11) is -2.41. The van der Waals surface area contributed by atoms with Crippen LogP contribution >= 0.6 is 11.6 Å². The summed E-state index contributed by atoms with van der Waals surface area (Å²) in [5, 5.41) is 3.18. The highest BCUT2D eigenvalue weighted by atomic mass is 35.5. The minimum absolute atomic E-state index is 0.187. The highest BCUT2D eigenvalue weighted by Crippen LogP contribution is 2.35. The van der Waals surface area contributed by atoms with Crippen LogP contribution in [0.15, 0.2) is 36.4 Å². The van der Waals surface area contributed by atoms with Crippen LogP contribution in [0.4, 0.5) is 5.69 Å². The molecule has 1 aliphatic rings. The molecule has 1 aliphatic heterocycles. The summed E-state index contributed by atoms with van der Waals surface area (Å²) in [5.74, 6) is 1.07. The molecule has 0 radical (unpaired) electrons. The minimum atomic E-state index is -3.83. The third-order valence-electron chi connectivity index (χ3n) is 4.89. The van der Waals surface area contributed by atoms with Gasteiger partial charge < -0.3 is 19.5 Å². The third-order valence-corrected chi connectivity index (χ3v) is 6.35. The monoisotopic (exact) mass is 468 g/mol. The Kier molecular flexibility index (Phi) is 6.86. The van der Waals surface area contributed by atoms with E-state index in [0.29, 0.717) is 29.7 Å². The van der Waals surface area contributed by atoms with Crippen molar-refractivity contribution in [3.05, 3.63) is 47.0 Å². The predicted octanol–water partition coefficient (Wildman–Crippen LogP) is 3.15. The van der Waals surface area contributed by atoms with Gasteiger partial charge in [-0.25, -0.2) is 8.42 Å². The molecule has 10 heteroatoms. The molecule has 0 aromatic heterocycles. The SMILES string of the molecule is COc1ccc(Cl)cc1N([C@H](C)C(=O)N[C@@H](C)c1ccc2c(c1)OCCO2)S(C)(=O)=O. The first-order chi connectivity index (χ1) is 14.6. The number of nitrogens with zero attached hydrogens (tertiary/aromatic N) is 1. The number of carbonyl (C=O) groups excluding carboxylic acids is 1. The number of ether oxygens (including phenoxy) is 3. The average molecular weight is 469 g/mol. The molecule has 2 aromatic rings. The van der Waals surface area contributed by atoms with Crippen molar-refractivity contribution in [3.63, 3.8) is 0 Å². The minimum Gasteiger partial charge on any atom is -0.495 e. The maximum Gasteiger partial charge on any atom is 0.244 e. The van der Waals surface area contributed by atoms with Gasteiger partial charge in [-0.15, -0.1) is 0 Å². The number of carbonyl (C=O) groups is 1. The lowest BCUT2D eigenvalue weighted by Crippen LogP contribution is -2.48. The van der Waals surface area contributed by atoms with Crippen LogP contribution in [-0.4, -0.2) is 46.9 Å². The van der Waals surface area contributed by atoms with E-state index in [1.54, 1.807) is 31.2 Å². The quantitative estimate of drug-likeness (QED) is 0.670. The standard InChI is InChI=1S/C21H25ClN2O6S/c1-13(15-5-7-19-20(11-15)30-10-9-29-19)23-21(25)14(2)24(31(4,26)27)17-12-16(22)6-8-18(17)28-3/h5-8,11-14H,9-10H2,1-4H3,(H,23,25)/t13-,14+/m0/s1. The highest BCUT2D eigenvalue weighted by Gasteiger charge is 2.32. The smallest absolute Gasteiger partial charge is 0.244 e. The normalized spacial score (nSPS) is 15.0. The van der Waals surface area contributed by atoms with Crippen LogP contribution in [0, 0.1) is 0 Å². The molecule has 0 fully saturated rings. The third kappa shape index (κ3) is 5.16. The van der Waals surface area contributed by atoms with Gasteiger partial charge in [0.05, 0.1) is 25.1 Å². The van der Waals surface area contributed by atoms with Gasteiger partial charge in [-0.05, 0) is 49.7 Å². The number of sulfonamides is 1. The first-order valence-corrected chi connectivity index (χ1v) is 11.9. The number of anilines is 1. The number of fused-ring (bicyclic) bond motifs is 1. The van der Waals surface area contributed by atoms with Gasteiger partial charge >= 0.3 is 0 Å². The molecule has 1 amide bonds. The lowest BCUT2D eigenvalue weighted by atomic mass is 10.1. The van der Waals surface area contributed by atoms with E-state index in [0.717, 1.165) is 16.1 Å². The summed E-state index contributed by atoms with van der Waals surface area (Å²) in [6.07, 6.45) is 1.03. The van der Waals surface area contributed by atoms with E-state index in [9.17, 15) is 13.2 Å². The van der Waals surface area contributed by atoms with Crippen LogP contribution in [0.3, 0.4) is 0 Å². The van der Waals surface area contributed by atoms with Crippen LogP contribution in [0.5, 0.6) is 17.2 Å². The molecule has 2 atom stereocenters.